The van der Waals surface area contributed by atoms with Gasteiger partial charge in [-0.1, -0.05) is 29.8 Å². The van der Waals surface area contributed by atoms with E-state index in [2.05, 4.69) is 6.07 Å². The molecule has 1 atom stereocenters. The molecule has 2 aromatic carbocycles. The average molecular weight is 274 g/mol. The van der Waals surface area contributed by atoms with Crippen molar-refractivity contribution >= 4 is 11.6 Å². The Morgan fingerprint density at radius 3 is 2.58 bits per heavy atom. The zero-order valence-electron chi connectivity index (χ0n) is 10.3. The molecule has 0 aliphatic heterocycles. The summed E-state index contributed by atoms with van der Waals surface area (Å²) in [6.07, 6.45) is -0.585. The van der Waals surface area contributed by atoms with E-state index in [0.29, 0.717) is 27.6 Å². The Hall–Kier alpha value is -2.02. The van der Waals surface area contributed by atoms with Gasteiger partial charge >= 0.3 is 0 Å². The van der Waals surface area contributed by atoms with Crippen molar-refractivity contribution in [2.45, 2.75) is 13.0 Å². The summed E-state index contributed by atoms with van der Waals surface area (Å²) in [6, 6.07) is 14.1. The smallest absolute Gasteiger partial charge is 0.146 e. The average Bonchev–Trinajstić information content (AvgIpc) is 2.41. The highest BCUT2D eigenvalue weighted by Crippen LogP contribution is 2.32. The van der Waals surface area contributed by atoms with Gasteiger partial charge in [-0.25, -0.2) is 0 Å². The number of nitriles is 1. The van der Waals surface area contributed by atoms with E-state index >= 15 is 0 Å². The molecule has 0 spiro atoms. The van der Waals surface area contributed by atoms with Crippen LogP contribution in [0.5, 0.6) is 11.5 Å². The van der Waals surface area contributed by atoms with E-state index in [1.807, 2.05) is 0 Å². The molecule has 1 N–H and O–H groups in total. The zero-order chi connectivity index (χ0) is 13.8. The monoisotopic (exact) mass is 273 g/mol. The lowest BCUT2D eigenvalue weighted by Crippen LogP contribution is -1.93. The topological polar surface area (TPSA) is 53.2 Å². The van der Waals surface area contributed by atoms with Gasteiger partial charge in [0.05, 0.1) is 16.7 Å². The first-order valence-electron chi connectivity index (χ1n) is 5.76. The van der Waals surface area contributed by atoms with E-state index in [-0.39, 0.29) is 0 Å². The molecule has 0 saturated carbocycles. The zero-order valence-corrected chi connectivity index (χ0v) is 11.1. The van der Waals surface area contributed by atoms with E-state index in [1.54, 1.807) is 49.4 Å². The number of ether oxygens (including phenoxy) is 1. The van der Waals surface area contributed by atoms with Gasteiger partial charge in [-0.2, -0.15) is 5.26 Å². The summed E-state index contributed by atoms with van der Waals surface area (Å²) in [5, 5.41) is 18.8. The first-order chi connectivity index (χ1) is 9.11. The summed E-state index contributed by atoms with van der Waals surface area (Å²) in [7, 11) is 0. The second-order valence-electron chi connectivity index (χ2n) is 4.08. The number of nitrogens with zero attached hydrogens (tertiary/aromatic N) is 1. The van der Waals surface area contributed by atoms with Crippen LogP contribution in [-0.4, -0.2) is 5.11 Å². The summed E-state index contributed by atoms with van der Waals surface area (Å²) in [5.74, 6) is 0.908. The second-order valence-corrected chi connectivity index (χ2v) is 4.48. The van der Waals surface area contributed by atoms with Crippen molar-refractivity contribution in [3.05, 3.63) is 58.6 Å². The highest BCUT2D eigenvalue weighted by atomic mass is 35.5. The summed E-state index contributed by atoms with van der Waals surface area (Å²) >= 11 is 6.10. The molecule has 0 bridgehead atoms. The lowest BCUT2D eigenvalue weighted by molar-refractivity contribution is 0.199. The fourth-order valence-corrected chi connectivity index (χ4v) is 1.85. The molecule has 19 heavy (non-hydrogen) atoms. The fourth-order valence-electron chi connectivity index (χ4n) is 1.63. The molecule has 96 valence electrons. The molecule has 0 saturated heterocycles. The van der Waals surface area contributed by atoms with Crippen LogP contribution in [0.3, 0.4) is 0 Å². The van der Waals surface area contributed by atoms with Gasteiger partial charge in [0.1, 0.15) is 17.6 Å². The molecular weight excluding hydrogens is 262 g/mol. The van der Waals surface area contributed by atoms with Crippen LogP contribution in [-0.2, 0) is 0 Å². The largest absolute Gasteiger partial charge is 0.454 e. The molecule has 0 aliphatic rings. The standard InChI is InChI=1S/C15H12ClNO2/c1-10(18)11-6-7-15(13(16)8-11)19-14-5-3-2-4-12(14)9-17/h2-8,10,18H,1H3/t10-/m1/s1. The molecule has 4 heteroatoms. The van der Waals surface area contributed by atoms with Crippen molar-refractivity contribution in [3.8, 4) is 17.6 Å². The summed E-state index contributed by atoms with van der Waals surface area (Å²) < 4.78 is 5.63. The minimum atomic E-state index is -0.585. The van der Waals surface area contributed by atoms with E-state index < -0.39 is 6.10 Å². The van der Waals surface area contributed by atoms with E-state index in [4.69, 9.17) is 21.6 Å². The van der Waals surface area contributed by atoms with Crippen molar-refractivity contribution in [1.82, 2.24) is 0 Å². The Kier molecular flexibility index (Phi) is 4.06. The lowest BCUT2D eigenvalue weighted by Gasteiger charge is -2.11. The third-order valence-electron chi connectivity index (χ3n) is 2.67. The molecule has 0 aliphatic carbocycles. The maximum atomic E-state index is 9.47. The minimum Gasteiger partial charge on any atom is -0.454 e. The molecule has 0 unspecified atom stereocenters. The van der Waals surface area contributed by atoms with Crippen LogP contribution in [0.15, 0.2) is 42.5 Å². The van der Waals surface area contributed by atoms with E-state index in [0.717, 1.165) is 0 Å². The first-order valence-corrected chi connectivity index (χ1v) is 6.14. The van der Waals surface area contributed by atoms with Gasteiger partial charge in [0.25, 0.3) is 0 Å². The maximum Gasteiger partial charge on any atom is 0.146 e. The molecule has 0 heterocycles. The van der Waals surface area contributed by atoms with Gasteiger partial charge < -0.3 is 9.84 Å². The van der Waals surface area contributed by atoms with Gasteiger partial charge in [0.2, 0.25) is 0 Å². The van der Waals surface area contributed by atoms with E-state index in [9.17, 15) is 5.11 Å². The Balaban J connectivity index is 2.32. The number of hydrogen-bond acceptors (Lipinski definition) is 3. The third-order valence-corrected chi connectivity index (χ3v) is 2.96. The highest BCUT2D eigenvalue weighted by Gasteiger charge is 2.09. The quantitative estimate of drug-likeness (QED) is 0.917. The van der Waals surface area contributed by atoms with Gasteiger partial charge in [-0.15, -0.1) is 0 Å². The summed E-state index contributed by atoms with van der Waals surface area (Å²) in [4.78, 5) is 0. The molecule has 0 amide bonds. The van der Waals surface area contributed by atoms with Gasteiger partial charge in [-0.3, -0.25) is 0 Å². The number of hydrogen-bond donors (Lipinski definition) is 1. The van der Waals surface area contributed by atoms with Crippen LogP contribution in [0.4, 0.5) is 0 Å². The summed E-state index contributed by atoms with van der Waals surface area (Å²) in [5.41, 5.74) is 1.16. The molecule has 0 aromatic heterocycles. The van der Waals surface area contributed by atoms with Gasteiger partial charge in [0.15, 0.2) is 0 Å². The molecule has 2 aromatic rings. The number of para-hydroxylation sites is 1. The van der Waals surface area contributed by atoms with Crippen LogP contribution in [0.1, 0.15) is 24.2 Å². The summed E-state index contributed by atoms with van der Waals surface area (Å²) in [6.45, 7) is 1.66. The van der Waals surface area contributed by atoms with Crippen molar-refractivity contribution in [3.63, 3.8) is 0 Å². The van der Waals surface area contributed by atoms with Crippen LogP contribution in [0.25, 0.3) is 0 Å². The Bertz CT molecular complexity index is 632. The number of aliphatic hydroxyl groups excluding tert-OH is 1. The Morgan fingerprint density at radius 2 is 1.95 bits per heavy atom. The molecule has 2 rings (SSSR count). The van der Waals surface area contributed by atoms with Gasteiger partial charge in [-0.05, 0) is 36.8 Å². The lowest BCUT2D eigenvalue weighted by atomic mass is 10.1. The van der Waals surface area contributed by atoms with Crippen molar-refractivity contribution in [1.29, 1.82) is 5.26 Å². The van der Waals surface area contributed by atoms with E-state index in [1.165, 1.54) is 0 Å². The normalized spacial score (nSPS) is 11.7. The molecule has 0 radical (unpaired) electrons. The highest BCUT2D eigenvalue weighted by molar-refractivity contribution is 6.32. The molecule has 3 nitrogen and oxygen atoms in total. The third kappa shape index (κ3) is 3.05. The van der Waals surface area contributed by atoms with Crippen LogP contribution in [0.2, 0.25) is 5.02 Å². The Labute approximate surface area is 116 Å². The van der Waals surface area contributed by atoms with Crippen molar-refractivity contribution < 1.29 is 9.84 Å². The SMILES string of the molecule is C[C@@H](O)c1ccc(Oc2ccccc2C#N)c(Cl)c1. The molecule has 0 fully saturated rings. The predicted molar refractivity (Wildman–Crippen MR) is 73.3 cm³/mol. The number of halogens is 1. The van der Waals surface area contributed by atoms with Crippen LogP contribution in [0, 0.1) is 11.3 Å². The van der Waals surface area contributed by atoms with Crippen LogP contribution >= 0.6 is 11.6 Å². The number of aliphatic hydroxyl groups is 1. The second kappa shape index (κ2) is 5.75. The predicted octanol–water partition coefficient (Wildman–Crippen LogP) is 4.06. The van der Waals surface area contributed by atoms with Crippen molar-refractivity contribution in [2.75, 3.05) is 0 Å². The Morgan fingerprint density at radius 1 is 1.21 bits per heavy atom. The number of benzene rings is 2. The van der Waals surface area contributed by atoms with Crippen molar-refractivity contribution in [2.24, 2.45) is 0 Å². The maximum absolute atomic E-state index is 9.47. The van der Waals surface area contributed by atoms with Gasteiger partial charge in [0, 0.05) is 0 Å². The fraction of sp³-hybridized carbons (Fsp3) is 0.133. The van der Waals surface area contributed by atoms with Crippen LogP contribution < -0.4 is 4.74 Å². The minimum absolute atomic E-state index is 0.395. The first kappa shape index (κ1) is 13.4. The number of rotatable bonds is 3. The molecular formula is C15H12ClNO2.